The molecule has 3 N–H and O–H groups in total. The van der Waals surface area contributed by atoms with Crippen LogP contribution in [0.25, 0.3) is 0 Å². The van der Waals surface area contributed by atoms with Crippen LogP contribution in [-0.4, -0.2) is 46.5 Å². The molecule has 0 radical (unpaired) electrons. The molecule has 27 heavy (non-hydrogen) atoms. The smallest absolute Gasteiger partial charge is 0.161 e. The van der Waals surface area contributed by atoms with Crippen LogP contribution in [0.5, 0.6) is 11.5 Å². The molecule has 2 aromatic carbocycles. The largest absolute Gasteiger partial charge is 0.493 e. The van der Waals surface area contributed by atoms with Gasteiger partial charge in [0.1, 0.15) is 45.1 Å². The van der Waals surface area contributed by atoms with Crippen LogP contribution in [0.2, 0.25) is 0 Å². The second kappa shape index (κ2) is 10.3. The predicted molar refractivity (Wildman–Crippen MR) is 101 cm³/mol. The molecule has 0 unspecified atom stereocenters. The van der Waals surface area contributed by atoms with E-state index in [0.29, 0.717) is 12.4 Å². The Morgan fingerprint density at radius 1 is 1.04 bits per heavy atom. The molecule has 146 valence electrons. The first-order chi connectivity index (χ1) is 13.2. The molecule has 1 saturated heterocycles. The minimum atomic E-state index is -0.243. The van der Waals surface area contributed by atoms with Gasteiger partial charge in [0.25, 0.3) is 0 Å². The molecule has 0 aromatic heterocycles. The lowest BCUT2D eigenvalue weighted by atomic mass is 10.2. The topological polar surface area (TPSA) is 48.7 Å². The molecule has 6 heteroatoms. The molecular weight excluding hydrogens is 347 g/mol. The second-order valence-electron chi connectivity index (χ2n) is 6.79. The van der Waals surface area contributed by atoms with Crippen molar-refractivity contribution < 1.29 is 28.8 Å². The molecule has 1 aliphatic rings. The quantitative estimate of drug-likeness (QED) is 0.623. The summed E-state index contributed by atoms with van der Waals surface area (Å²) in [6, 6.07) is 12.4. The van der Waals surface area contributed by atoms with E-state index in [0.717, 1.165) is 50.7 Å². The first kappa shape index (κ1) is 19.6. The maximum Gasteiger partial charge on any atom is 0.161 e. The first-order valence-electron chi connectivity index (χ1n) is 9.52. The molecule has 0 saturated carbocycles. The Morgan fingerprint density at radius 2 is 1.78 bits per heavy atom. The Balaban J connectivity index is 1.47. The summed E-state index contributed by atoms with van der Waals surface area (Å²) < 4.78 is 29.7. The summed E-state index contributed by atoms with van der Waals surface area (Å²) in [5.74, 6) is 1.18. The number of morpholine rings is 1. The molecule has 1 fully saturated rings. The molecule has 1 heterocycles. The SMILES string of the molecule is COc1cc(C[NH2+]CC[NH+]2CCOCC2)ccc1OCc1ccc(F)cc1. The van der Waals surface area contributed by atoms with Crippen molar-refractivity contribution in [2.24, 2.45) is 0 Å². The molecule has 0 amide bonds. The number of halogens is 1. The van der Waals surface area contributed by atoms with Crippen LogP contribution in [0.1, 0.15) is 11.1 Å². The Kier molecular flexibility index (Phi) is 7.45. The van der Waals surface area contributed by atoms with Gasteiger partial charge < -0.3 is 24.4 Å². The fourth-order valence-corrected chi connectivity index (χ4v) is 3.18. The fourth-order valence-electron chi connectivity index (χ4n) is 3.18. The van der Waals surface area contributed by atoms with E-state index in [1.54, 1.807) is 24.1 Å². The summed E-state index contributed by atoms with van der Waals surface area (Å²) in [6.45, 7) is 7.55. The molecule has 0 bridgehead atoms. The predicted octanol–water partition coefficient (Wildman–Crippen LogP) is 0.392. The highest BCUT2D eigenvalue weighted by molar-refractivity contribution is 5.42. The summed E-state index contributed by atoms with van der Waals surface area (Å²) in [5, 5.41) is 2.33. The normalized spacial score (nSPS) is 14.9. The van der Waals surface area contributed by atoms with E-state index >= 15 is 0 Å². The van der Waals surface area contributed by atoms with Crippen molar-refractivity contribution in [3.8, 4) is 11.5 Å². The van der Waals surface area contributed by atoms with E-state index < -0.39 is 0 Å². The summed E-state index contributed by atoms with van der Waals surface area (Å²) in [7, 11) is 1.65. The number of benzene rings is 2. The van der Waals surface area contributed by atoms with Gasteiger partial charge in [0.2, 0.25) is 0 Å². The highest BCUT2D eigenvalue weighted by Gasteiger charge is 2.14. The number of nitrogens with one attached hydrogen (secondary N) is 1. The molecule has 1 aliphatic heterocycles. The molecule has 0 spiro atoms. The van der Waals surface area contributed by atoms with E-state index in [1.807, 2.05) is 12.1 Å². The first-order valence-corrected chi connectivity index (χ1v) is 9.52. The van der Waals surface area contributed by atoms with Gasteiger partial charge in [-0.15, -0.1) is 0 Å². The summed E-state index contributed by atoms with van der Waals surface area (Å²) >= 11 is 0. The summed E-state index contributed by atoms with van der Waals surface area (Å²) in [4.78, 5) is 1.62. The van der Waals surface area contributed by atoms with Gasteiger partial charge >= 0.3 is 0 Å². The number of hydrogen-bond acceptors (Lipinski definition) is 3. The van der Waals surface area contributed by atoms with Gasteiger partial charge in [-0.05, 0) is 35.9 Å². The number of rotatable bonds is 9. The summed E-state index contributed by atoms with van der Waals surface area (Å²) in [5.41, 5.74) is 2.12. The van der Waals surface area contributed by atoms with Crippen LogP contribution in [0.15, 0.2) is 42.5 Å². The zero-order valence-corrected chi connectivity index (χ0v) is 15.9. The molecule has 3 rings (SSSR count). The monoisotopic (exact) mass is 376 g/mol. The number of ether oxygens (including phenoxy) is 3. The van der Waals surface area contributed by atoms with E-state index in [1.165, 1.54) is 24.2 Å². The Hall–Kier alpha value is -2.15. The van der Waals surface area contributed by atoms with Crippen LogP contribution >= 0.6 is 0 Å². The van der Waals surface area contributed by atoms with Gasteiger partial charge in [-0.2, -0.15) is 0 Å². The van der Waals surface area contributed by atoms with Crippen LogP contribution in [0.3, 0.4) is 0 Å². The lowest BCUT2D eigenvalue weighted by Gasteiger charge is -2.22. The van der Waals surface area contributed by atoms with Gasteiger partial charge in [0.05, 0.1) is 20.3 Å². The van der Waals surface area contributed by atoms with E-state index in [4.69, 9.17) is 14.2 Å². The highest BCUT2D eigenvalue weighted by Crippen LogP contribution is 2.28. The summed E-state index contributed by atoms with van der Waals surface area (Å²) in [6.07, 6.45) is 0. The van der Waals surface area contributed by atoms with Crippen molar-refractivity contribution in [2.75, 3.05) is 46.5 Å². The fraction of sp³-hybridized carbons (Fsp3) is 0.429. The third-order valence-electron chi connectivity index (χ3n) is 4.82. The molecule has 0 atom stereocenters. The van der Waals surface area contributed by atoms with Crippen molar-refractivity contribution in [1.29, 1.82) is 0 Å². The zero-order chi connectivity index (χ0) is 18.9. The molecule has 0 aliphatic carbocycles. The average molecular weight is 376 g/mol. The van der Waals surface area contributed by atoms with Crippen LogP contribution in [-0.2, 0) is 17.9 Å². The third kappa shape index (κ3) is 6.20. The van der Waals surface area contributed by atoms with Crippen molar-refractivity contribution >= 4 is 0 Å². The van der Waals surface area contributed by atoms with Crippen molar-refractivity contribution in [3.05, 3.63) is 59.4 Å². The highest BCUT2D eigenvalue weighted by atomic mass is 19.1. The number of nitrogens with two attached hydrogens (primary N) is 1. The molecule has 2 aromatic rings. The Labute approximate surface area is 160 Å². The van der Waals surface area contributed by atoms with E-state index in [9.17, 15) is 4.39 Å². The van der Waals surface area contributed by atoms with Gasteiger partial charge in [0.15, 0.2) is 11.5 Å². The third-order valence-corrected chi connectivity index (χ3v) is 4.82. The molecular formula is C21H29FN2O3+2. The Bertz CT molecular complexity index is 703. The van der Waals surface area contributed by atoms with E-state index in [2.05, 4.69) is 11.4 Å². The Morgan fingerprint density at radius 3 is 2.52 bits per heavy atom. The van der Waals surface area contributed by atoms with Crippen LogP contribution in [0, 0.1) is 5.82 Å². The lowest BCUT2D eigenvalue weighted by Crippen LogP contribution is -3.16. The van der Waals surface area contributed by atoms with Gasteiger partial charge in [-0.3, -0.25) is 0 Å². The molecule has 5 nitrogen and oxygen atoms in total. The number of quaternary nitrogens is 2. The lowest BCUT2D eigenvalue weighted by molar-refractivity contribution is -0.920. The second-order valence-corrected chi connectivity index (χ2v) is 6.79. The van der Waals surface area contributed by atoms with Crippen LogP contribution in [0.4, 0.5) is 4.39 Å². The zero-order valence-electron chi connectivity index (χ0n) is 15.9. The minimum Gasteiger partial charge on any atom is -0.493 e. The van der Waals surface area contributed by atoms with Gasteiger partial charge in [-0.25, -0.2) is 4.39 Å². The van der Waals surface area contributed by atoms with E-state index in [-0.39, 0.29) is 5.82 Å². The minimum absolute atomic E-state index is 0.243. The van der Waals surface area contributed by atoms with Gasteiger partial charge in [0, 0.05) is 5.56 Å². The van der Waals surface area contributed by atoms with Crippen molar-refractivity contribution in [1.82, 2.24) is 0 Å². The van der Waals surface area contributed by atoms with Crippen molar-refractivity contribution in [3.63, 3.8) is 0 Å². The van der Waals surface area contributed by atoms with Crippen LogP contribution < -0.4 is 19.7 Å². The average Bonchev–Trinajstić information content (AvgIpc) is 2.72. The van der Waals surface area contributed by atoms with Crippen molar-refractivity contribution in [2.45, 2.75) is 13.2 Å². The maximum absolute atomic E-state index is 13.0. The standard InChI is InChI=1S/C21H27FN2O3/c1-25-21-14-18(15-23-8-9-24-10-12-26-13-11-24)4-7-20(21)27-16-17-2-5-19(22)6-3-17/h2-7,14,23H,8-13,15-16H2,1H3/p+2. The maximum atomic E-state index is 13.0. The number of methoxy groups -OCH3 is 1. The number of hydrogen-bond donors (Lipinski definition) is 2. The van der Waals surface area contributed by atoms with Gasteiger partial charge in [-0.1, -0.05) is 12.1 Å².